The number of sulfonamides is 1. The van der Waals surface area contributed by atoms with Crippen molar-refractivity contribution in [1.29, 1.82) is 0 Å². The van der Waals surface area contributed by atoms with Crippen molar-refractivity contribution in [3.05, 3.63) is 60.3 Å². The quantitative estimate of drug-likeness (QED) is 0.355. The Morgan fingerprint density at radius 2 is 1.69 bits per heavy atom. The maximum absolute atomic E-state index is 12.4. The Balaban J connectivity index is 1.44. The maximum Gasteiger partial charge on any atom is 0.240 e. The van der Waals surface area contributed by atoms with Gasteiger partial charge in [-0.2, -0.15) is 0 Å². The molecular weight excluding hydrogens is 428 g/mol. The molecule has 3 N–H and O–H groups in total. The van der Waals surface area contributed by atoms with E-state index in [-0.39, 0.29) is 11.4 Å². The summed E-state index contributed by atoms with van der Waals surface area (Å²) < 4.78 is 33.0. The first kappa shape index (κ1) is 23.4. The SMILES string of the molecule is CCCCOc1ccc(S(=O)(=O)NCCNc2ccc(Nc3cc(C)ccn3)nn2)cc1. The highest BCUT2D eigenvalue weighted by atomic mass is 32.2. The molecule has 9 nitrogen and oxygen atoms in total. The molecule has 0 atom stereocenters. The number of benzene rings is 1. The molecule has 0 fully saturated rings. The van der Waals surface area contributed by atoms with E-state index >= 15 is 0 Å². The highest BCUT2D eigenvalue weighted by molar-refractivity contribution is 7.89. The molecule has 2 heterocycles. The molecule has 0 radical (unpaired) electrons. The van der Waals surface area contributed by atoms with Crippen LogP contribution in [0.2, 0.25) is 0 Å². The number of rotatable bonds is 12. The van der Waals surface area contributed by atoms with Crippen LogP contribution in [0.4, 0.5) is 17.5 Å². The van der Waals surface area contributed by atoms with Gasteiger partial charge in [-0.15, -0.1) is 10.2 Å². The first-order chi connectivity index (χ1) is 15.5. The first-order valence-corrected chi connectivity index (χ1v) is 11.9. The molecule has 1 aromatic carbocycles. The van der Waals surface area contributed by atoms with Crippen molar-refractivity contribution < 1.29 is 13.2 Å². The van der Waals surface area contributed by atoms with E-state index in [9.17, 15) is 8.42 Å². The standard InChI is InChI=1S/C22H28N6O3S/c1-3-4-15-31-18-5-7-19(8-6-18)32(29,30)25-14-13-24-20-9-10-21(28-27-20)26-22-16-17(2)11-12-23-22/h5-12,16,25H,3-4,13-15H2,1-2H3,(H,24,27)(H,23,26,28). The number of ether oxygens (including phenoxy) is 1. The lowest BCUT2D eigenvalue weighted by molar-refractivity contribution is 0.309. The summed E-state index contributed by atoms with van der Waals surface area (Å²) in [4.78, 5) is 4.42. The fraction of sp³-hybridized carbons (Fsp3) is 0.318. The van der Waals surface area contributed by atoms with E-state index in [2.05, 4.69) is 37.5 Å². The van der Waals surface area contributed by atoms with Crippen LogP contribution >= 0.6 is 0 Å². The number of hydrogen-bond donors (Lipinski definition) is 3. The lowest BCUT2D eigenvalue weighted by Crippen LogP contribution is -2.29. The van der Waals surface area contributed by atoms with Crippen molar-refractivity contribution >= 4 is 27.5 Å². The Bertz CT molecular complexity index is 1090. The van der Waals surface area contributed by atoms with Gasteiger partial charge in [0.1, 0.15) is 17.4 Å². The van der Waals surface area contributed by atoms with Crippen molar-refractivity contribution in [2.45, 2.75) is 31.6 Å². The Hall–Kier alpha value is -3.24. The van der Waals surface area contributed by atoms with Crippen LogP contribution in [0.15, 0.2) is 59.6 Å². The molecule has 2 aromatic heterocycles. The van der Waals surface area contributed by atoms with Crippen LogP contribution < -0.4 is 20.1 Å². The van der Waals surface area contributed by atoms with Gasteiger partial charge in [0.25, 0.3) is 0 Å². The van der Waals surface area contributed by atoms with Crippen molar-refractivity contribution in [2.75, 3.05) is 30.3 Å². The van der Waals surface area contributed by atoms with E-state index in [1.807, 2.05) is 19.1 Å². The molecule has 3 rings (SSSR count). The van der Waals surface area contributed by atoms with Crippen LogP contribution in [0.5, 0.6) is 5.75 Å². The number of nitrogens with one attached hydrogen (secondary N) is 3. The van der Waals surface area contributed by atoms with E-state index in [0.717, 1.165) is 18.4 Å². The molecule has 0 aliphatic carbocycles. The Morgan fingerprint density at radius 3 is 2.38 bits per heavy atom. The van der Waals surface area contributed by atoms with Crippen LogP contribution in [0.3, 0.4) is 0 Å². The summed E-state index contributed by atoms with van der Waals surface area (Å²) in [6, 6.07) is 13.8. The van der Waals surface area contributed by atoms with Gasteiger partial charge in [0.15, 0.2) is 5.82 Å². The molecular formula is C22H28N6O3S. The van der Waals surface area contributed by atoms with Crippen LogP contribution in [0.1, 0.15) is 25.3 Å². The van der Waals surface area contributed by atoms with Gasteiger partial charge < -0.3 is 15.4 Å². The average Bonchev–Trinajstić information content (AvgIpc) is 2.78. The third kappa shape index (κ3) is 7.17. The molecule has 0 unspecified atom stereocenters. The highest BCUT2D eigenvalue weighted by Crippen LogP contribution is 2.16. The fourth-order valence-corrected chi connectivity index (χ4v) is 3.77. The van der Waals surface area contributed by atoms with Crippen LogP contribution in [-0.2, 0) is 10.0 Å². The monoisotopic (exact) mass is 456 g/mol. The summed E-state index contributed by atoms with van der Waals surface area (Å²) in [7, 11) is -3.60. The first-order valence-electron chi connectivity index (χ1n) is 10.5. The number of unbranched alkanes of at least 4 members (excludes halogenated alkanes) is 1. The molecule has 0 amide bonds. The number of pyridine rings is 1. The third-order valence-corrected chi connectivity index (χ3v) is 5.94. The molecule has 0 saturated carbocycles. The van der Waals surface area contributed by atoms with Gasteiger partial charge in [0.2, 0.25) is 10.0 Å². The second-order valence-corrected chi connectivity index (χ2v) is 8.91. The second-order valence-electron chi connectivity index (χ2n) is 7.15. The molecule has 0 bridgehead atoms. The zero-order valence-electron chi connectivity index (χ0n) is 18.2. The number of aryl methyl sites for hydroxylation is 1. The predicted octanol–water partition coefficient (Wildman–Crippen LogP) is 3.49. The van der Waals surface area contributed by atoms with Gasteiger partial charge >= 0.3 is 0 Å². The minimum Gasteiger partial charge on any atom is -0.494 e. The molecule has 0 spiro atoms. The maximum atomic E-state index is 12.4. The summed E-state index contributed by atoms with van der Waals surface area (Å²) >= 11 is 0. The van der Waals surface area contributed by atoms with E-state index in [1.165, 1.54) is 12.1 Å². The van der Waals surface area contributed by atoms with Crippen LogP contribution in [0, 0.1) is 6.92 Å². The van der Waals surface area contributed by atoms with Crippen molar-refractivity contribution in [3.63, 3.8) is 0 Å². The molecule has 3 aromatic rings. The largest absolute Gasteiger partial charge is 0.494 e. The van der Waals surface area contributed by atoms with Gasteiger partial charge in [0.05, 0.1) is 11.5 Å². The summed E-state index contributed by atoms with van der Waals surface area (Å²) in [5.74, 6) is 2.46. The van der Waals surface area contributed by atoms with Gasteiger partial charge in [-0.3, -0.25) is 0 Å². The summed E-state index contributed by atoms with van der Waals surface area (Å²) in [6.07, 6.45) is 3.72. The Labute approximate surface area is 188 Å². The molecule has 0 aliphatic rings. The van der Waals surface area contributed by atoms with E-state index in [1.54, 1.807) is 30.5 Å². The van der Waals surface area contributed by atoms with Gasteiger partial charge in [-0.1, -0.05) is 13.3 Å². The molecule has 0 aliphatic heterocycles. The van der Waals surface area contributed by atoms with Crippen molar-refractivity contribution in [2.24, 2.45) is 0 Å². The fourth-order valence-electron chi connectivity index (χ4n) is 2.74. The number of aromatic nitrogens is 3. The predicted molar refractivity (Wildman–Crippen MR) is 125 cm³/mol. The lowest BCUT2D eigenvalue weighted by atomic mass is 10.3. The molecule has 0 saturated heterocycles. The third-order valence-electron chi connectivity index (χ3n) is 4.46. The minimum absolute atomic E-state index is 0.195. The normalized spacial score (nSPS) is 11.2. The van der Waals surface area contributed by atoms with E-state index < -0.39 is 10.0 Å². The number of nitrogens with zero attached hydrogens (tertiary/aromatic N) is 3. The number of anilines is 3. The zero-order valence-corrected chi connectivity index (χ0v) is 19.0. The zero-order chi connectivity index (χ0) is 22.8. The summed E-state index contributed by atoms with van der Waals surface area (Å²) in [5, 5.41) is 14.3. The minimum atomic E-state index is -3.60. The molecule has 32 heavy (non-hydrogen) atoms. The van der Waals surface area contributed by atoms with Crippen molar-refractivity contribution in [3.8, 4) is 5.75 Å². The van der Waals surface area contributed by atoms with E-state index in [4.69, 9.17) is 4.74 Å². The van der Waals surface area contributed by atoms with Gasteiger partial charge in [0, 0.05) is 19.3 Å². The van der Waals surface area contributed by atoms with Crippen LogP contribution in [-0.4, -0.2) is 43.3 Å². The summed E-state index contributed by atoms with van der Waals surface area (Å²) in [6.45, 7) is 5.25. The smallest absolute Gasteiger partial charge is 0.240 e. The van der Waals surface area contributed by atoms with Gasteiger partial charge in [-0.25, -0.2) is 18.1 Å². The highest BCUT2D eigenvalue weighted by Gasteiger charge is 2.13. The summed E-state index contributed by atoms with van der Waals surface area (Å²) in [5.41, 5.74) is 1.09. The van der Waals surface area contributed by atoms with Crippen molar-refractivity contribution in [1.82, 2.24) is 19.9 Å². The lowest BCUT2D eigenvalue weighted by Gasteiger charge is -2.10. The number of hydrogen-bond acceptors (Lipinski definition) is 8. The Kier molecular flexibility index (Phi) is 8.34. The average molecular weight is 457 g/mol. The molecule has 170 valence electrons. The van der Waals surface area contributed by atoms with Gasteiger partial charge in [-0.05, 0) is 67.4 Å². The van der Waals surface area contributed by atoms with E-state index in [0.29, 0.717) is 36.4 Å². The Morgan fingerprint density at radius 1 is 0.938 bits per heavy atom. The topological polar surface area (TPSA) is 118 Å². The second kappa shape index (κ2) is 11.4. The molecule has 10 heteroatoms. The van der Waals surface area contributed by atoms with Crippen LogP contribution in [0.25, 0.3) is 0 Å².